The molecule has 1 heterocycles. The number of allylic oxidation sites excluding steroid dienone is 2. The zero-order valence-electron chi connectivity index (χ0n) is 21.5. The number of carboxylic acid groups (broad SMARTS) is 1. The number of amidine groups is 1. The summed E-state index contributed by atoms with van der Waals surface area (Å²) in [5.74, 6) is 0.103. The second-order valence-corrected chi connectivity index (χ2v) is 9.69. The van der Waals surface area contributed by atoms with Gasteiger partial charge >= 0.3 is 5.97 Å². The molecule has 190 valence electrons. The molecule has 0 bridgehead atoms. The number of hydrogen-bond acceptors (Lipinski definition) is 3. The normalized spacial score (nSPS) is 17.8. The Morgan fingerprint density at radius 1 is 0.879 bits per heavy atom. The maximum absolute atomic E-state index is 11.3. The van der Waals surface area contributed by atoms with Gasteiger partial charge in [-0.05, 0) is 19.3 Å². The number of carbonyl (C=O) groups is 1. The molecule has 0 saturated heterocycles. The lowest BCUT2D eigenvalue weighted by molar-refractivity contribution is -0.778. The highest BCUT2D eigenvalue weighted by atomic mass is 16.4. The van der Waals surface area contributed by atoms with Gasteiger partial charge in [0, 0.05) is 13.0 Å². The van der Waals surface area contributed by atoms with Gasteiger partial charge in [-0.15, -0.1) is 0 Å². The third-order valence-corrected chi connectivity index (χ3v) is 6.71. The molecule has 33 heavy (non-hydrogen) atoms. The number of aliphatic carboxylic acids is 1. The lowest BCUT2D eigenvalue weighted by atomic mass is 10.0. The first-order valence-corrected chi connectivity index (χ1v) is 13.8. The van der Waals surface area contributed by atoms with E-state index < -0.39 is 5.97 Å². The van der Waals surface area contributed by atoms with Crippen LogP contribution in [0.3, 0.4) is 0 Å². The van der Waals surface area contributed by atoms with E-state index in [1.54, 1.807) is 6.20 Å². The Hall–Kier alpha value is -1.46. The molecular weight excluding hydrogens is 410 g/mol. The minimum Gasteiger partial charge on any atom is -0.477 e. The fourth-order valence-corrected chi connectivity index (χ4v) is 4.72. The largest absolute Gasteiger partial charge is 0.477 e. The molecule has 1 atom stereocenters. The summed E-state index contributed by atoms with van der Waals surface area (Å²) in [5.41, 5.74) is 5.72. The van der Waals surface area contributed by atoms with Crippen molar-refractivity contribution in [3.8, 4) is 0 Å². The fraction of sp³-hybridized carbons (Fsp3) is 0.786. The van der Waals surface area contributed by atoms with Crippen molar-refractivity contribution in [1.82, 2.24) is 0 Å². The number of quaternary nitrogens is 1. The smallest absolute Gasteiger partial charge is 0.360 e. The van der Waals surface area contributed by atoms with Crippen molar-refractivity contribution >= 4 is 11.8 Å². The zero-order chi connectivity index (χ0) is 24.0. The Morgan fingerprint density at radius 2 is 1.39 bits per heavy atom. The third kappa shape index (κ3) is 14.4. The van der Waals surface area contributed by atoms with Crippen molar-refractivity contribution in [3.63, 3.8) is 0 Å². The van der Waals surface area contributed by atoms with Crippen LogP contribution in [0.15, 0.2) is 29.5 Å². The monoisotopic (exact) mass is 462 g/mol. The van der Waals surface area contributed by atoms with Gasteiger partial charge in [-0.1, -0.05) is 109 Å². The van der Waals surface area contributed by atoms with Gasteiger partial charge in [-0.25, -0.2) is 14.3 Å². The highest BCUT2D eigenvalue weighted by molar-refractivity contribution is 5.81. The van der Waals surface area contributed by atoms with Gasteiger partial charge in [-0.3, -0.25) is 0 Å². The molecule has 1 unspecified atom stereocenters. The molecule has 0 aromatic heterocycles. The van der Waals surface area contributed by atoms with E-state index in [0.717, 1.165) is 25.1 Å². The lowest BCUT2D eigenvalue weighted by Gasteiger charge is -2.30. The highest BCUT2D eigenvalue weighted by Gasteiger charge is 2.36. The first kappa shape index (κ1) is 29.6. The summed E-state index contributed by atoms with van der Waals surface area (Å²) in [6.45, 7) is 3.34. The number of rotatable bonds is 23. The molecule has 0 amide bonds. The van der Waals surface area contributed by atoms with E-state index >= 15 is 0 Å². The summed E-state index contributed by atoms with van der Waals surface area (Å²) < 4.78 is 0.277. The Labute approximate surface area is 203 Å². The summed E-state index contributed by atoms with van der Waals surface area (Å²) in [6.07, 6.45) is 31.9. The first-order chi connectivity index (χ1) is 16.1. The molecule has 0 fully saturated rings. The minimum absolute atomic E-state index is 0.0232. The Kier molecular flexibility index (Phi) is 17.9. The summed E-state index contributed by atoms with van der Waals surface area (Å²) in [7, 11) is 0. The van der Waals surface area contributed by atoms with Crippen molar-refractivity contribution < 1.29 is 14.4 Å². The van der Waals surface area contributed by atoms with Crippen LogP contribution < -0.4 is 5.73 Å². The molecule has 0 aromatic carbocycles. The maximum atomic E-state index is 11.3. The van der Waals surface area contributed by atoms with E-state index in [0.29, 0.717) is 13.1 Å². The molecule has 0 saturated carbocycles. The van der Waals surface area contributed by atoms with Gasteiger partial charge in [0.15, 0.2) is 6.54 Å². The van der Waals surface area contributed by atoms with Crippen LogP contribution in [0.4, 0.5) is 0 Å². The molecule has 0 aliphatic carbocycles. The third-order valence-electron chi connectivity index (χ3n) is 6.71. The second kappa shape index (κ2) is 20.0. The van der Waals surface area contributed by atoms with E-state index in [-0.39, 0.29) is 11.0 Å². The van der Waals surface area contributed by atoms with E-state index in [1.807, 2.05) is 6.20 Å². The van der Waals surface area contributed by atoms with Gasteiger partial charge < -0.3 is 10.8 Å². The van der Waals surface area contributed by atoms with Gasteiger partial charge in [0.2, 0.25) is 5.84 Å². The number of aliphatic imine (C=N–C) groups is 1. The van der Waals surface area contributed by atoms with Crippen LogP contribution in [0.2, 0.25) is 0 Å². The molecule has 3 N–H and O–H groups in total. The Morgan fingerprint density at radius 3 is 1.91 bits per heavy atom. The highest BCUT2D eigenvalue weighted by Crippen LogP contribution is 2.20. The van der Waals surface area contributed by atoms with E-state index in [2.05, 4.69) is 24.1 Å². The van der Waals surface area contributed by atoms with Crippen LogP contribution in [0.1, 0.15) is 122 Å². The molecule has 5 heteroatoms. The van der Waals surface area contributed by atoms with Crippen LogP contribution in [0.25, 0.3) is 0 Å². The Bertz CT molecular complexity index is 586. The van der Waals surface area contributed by atoms with Crippen molar-refractivity contribution in [1.29, 1.82) is 0 Å². The van der Waals surface area contributed by atoms with Gasteiger partial charge in [0.05, 0.1) is 6.20 Å². The standard InChI is InChI=1S/C28H51N3O2/c1-2-3-4-5-6-7-8-9-10-11-12-13-14-15-16-17-18-19-20-21-27-30-23-25-31(27,24-22-29)26-28(32)33/h18-19,23,25H,2-17,20-22,24,26,29H2,1H3/p+1/b19-18+. The lowest BCUT2D eigenvalue weighted by Crippen LogP contribution is -2.52. The molecule has 1 aliphatic rings. The topological polar surface area (TPSA) is 75.7 Å². The SMILES string of the molecule is CCCCCCCCCCCCCCCCC/C=C/CCC1=NC=C[N+]1(CCN)CC(=O)O. The van der Waals surface area contributed by atoms with Crippen molar-refractivity contribution in [2.75, 3.05) is 19.6 Å². The quantitative estimate of drug-likeness (QED) is 0.0948. The molecule has 1 aliphatic heterocycles. The molecular formula is C28H52N3O2+. The number of nitrogens with two attached hydrogens (primary N) is 1. The summed E-state index contributed by atoms with van der Waals surface area (Å²) >= 11 is 0. The van der Waals surface area contributed by atoms with Gasteiger partial charge in [-0.2, -0.15) is 0 Å². The fourth-order valence-electron chi connectivity index (χ4n) is 4.72. The van der Waals surface area contributed by atoms with Crippen LogP contribution in [-0.2, 0) is 4.79 Å². The van der Waals surface area contributed by atoms with Crippen LogP contribution in [0.5, 0.6) is 0 Å². The average Bonchev–Trinajstić information content (AvgIpc) is 3.16. The zero-order valence-corrected chi connectivity index (χ0v) is 21.5. The number of hydrogen-bond donors (Lipinski definition) is 2. The molecule has 0 radical (unpaired) electrons. The number of carboxylic acids is 1. The number of nitrogens with zero attached hydrogens (tertiary/aromatic N) is 2. The molecule has 1 rings (SSSR count). The van der Waals surface area contributed by atoms with Crippen molar-refractivity contribution in [2.24, 2.45) is 10.7 Å². The van der Waals surface area contributed by atoms with Crippen LogP contribution in [-0.4, -0.2) is 41.0 Å². The summed E-state index contributed by atoms with van der Waals surface area (Å²) in [5, 5.41) is 9.26. The molecule has 0 aromatic rings. The van der Waals surface area contributed by atoms with E-state index in [1.165, 1.54) is 96.3 Å². The van der Waals surface area contributed by atoms with Crippen LogP contribution >= 0.6 is 0 Å². The second-order valence-electron chi connectivity index (χ2n) is 9.69. The average molecular weight is 463 g/mol. The predicted molar refractivity (Wildman–Crippen MR) is 141 cm³/mol. The maximum Gasteiger partial charge on any atom is 0.360 e. The van der Waals surface area contributed by atoms with E-state index in [4.69, 9.17) is 5.73 Å². The molecule has 0 spiro atoms. The van der Waals surface area contributed by atoms with Gasteiger partial charge in [0.1, 0.15) is 12.7 Å². The predicted octanol–water partition coefficient (Wildman–Crippen LogP) is 7.33. The van der Waals surface area contributed by atoms with Crippen molar-refractivity contribution in [3.05, 3.63) is 24.6 Å². The molecule has 5 nitrogen and oxygen atoms in total. The summed E-state index contributed by atoms with van der Waals surface area (Å²) in [4.78, 5) is 15.7. The summed E-state index contributed by atoms with van der Waals surface area (Å²) in [6, 6.07) is 0. The minimum atomic E-state index is -0.814. The van der Waals surface area contributed by atoms with E-state index in [9.17, 15) is 9.90 Å². The first-order valence-electron chi connectivity index (χ1n) is 13.8. The Balaban J connectivity index is 1.94. The van der Waals surface area contributed by atoms with Gasteiger partial charge in [0.25, 0.3) is 0 Å². The van der Waals surface area contributed by atoms with Crippen molar-refractivity contribution in [2.45, 2.75) is 122 Å². The van der Waals surface area contributed by atoms with Crippen LogP contribution in [0, 0.1) is 0 Å². The number of unbranched alkanes of at least 4 members (excludes halogenated alkanes) is 15.